The maximum atomic E-state index is 10.1. The van der Waals surface area contributed by atoms with E-state index in [2.05, 4.69) is 0 Å². The quantitative estimate of drug-likeness (QED) is 0.443. The lowest BCUT2D eigenvalue weighted by Gasteiger charge is -2.17. The van der Waals surface area contributed by atoms with E-state index in [-0.39, 0.29) is 13.2 Å². The number of carboxylic acids is 1. The van der Waals surface area contributed by atoms with Crippen molar-refractivity contribution in [2.24, 2.45) is 0 Å². The van der Waals surface area contributed by atoms with Gasteiger partial charge in [0.05, 0.1) is 13.2 Å². The number of aliphatic hydroxyl groups is 2. The summed E-state index contributed by atoms with van der Waals surface area (Å²) in [4.78, 5) is 11.8. The number of aliphatic carboxylic acids is 1. The molecule has 76 valence electrons. The van der Waals surface area contributed by atoms with Gasteiger partial charge in [0.2, 0.25) is 0 Å². The largest absolute Gasteiger partial charge is 0.478 e. The van der Waals surface area contributed by atoms with Gasteiger partial charge in [-0.25, -0.2) is 4.79 Å². The molecule has 0 fully saturated rings. The number of aliphatic hydroxyl groups excluding tert-OH is 2. The first-order valence-corrected chi connectivity index (χ1v) is 4.04. The third-order valence-electron chi connectivity index (χ3n) is 1.46. The Labute approximate surface area is 76.9 Å². The van der Waals surface area contributed by atoms with Gasteiger partial charge in [0, 0.05) is 25.7 Å². The Morgan fingerprint density at radius 3 is 2.15 bits per heavy atom. The van der Waals surface area contributed by atoms with Crippen LogP contribution in [0, 0.1) is 0 Å². The lowest BCUT2D eigenvalue weighted by molar-refractivity contribution is -0.131. The fourth-order valence-electron chi connectivity index (χ4n) is 0.880. The summed E-state index contributed by atoms with van der Waals surface area (Å²) < 4.78 is 0. The van der Waals surface area contributed by atoms with Crippen LogP contribution in [0.2, 0.25) is 0 Å². The monoisotopic (exact) mass is 189 g/mol. The van der Waals surface area contributed by atoms with Crippen molar-refractivity contribution >= 4 is 5.97 Å². The van der Waals surface area contributed by atoms with Gasteiger partial charge in [0.15, 0.2) is 0 Å². The van der Waals surface area contributed by atoms with Crippen LogP contribution < -0.4 is 0 Å². The van der Waals surface area contributed by atoms with E-state index in [4.69, 9.17) is 15.3 Å². The SMILES string of the molecule is O=C(O)C=CCN(CCO)CCO. The Morgan fingerprint density at radius 2 is 1.77 bits per heavy atom. The van der Waals surface area contributed by atoms with Crippen LogP contribution in [0.15, 0.2) is 12.2 Å². The molecule has 5 nitrogen and oxygen atoms in total. The van der Waals surface area contributed by atoms with Crippen LogP contribution in [0.4, 0.5) is 0 Å². The Morgan fingerprint density at radius 1 is 1.23 bits per heavy atom. The zero-order chi connectivity index (χ0) is 10.1. The van der Waals surface area contributed by atoms with Crippen LogP contribution in [0.3, 0.4) is 0 Å². The van der Waals surface area contributed by atoms with Crippen molar-refractivity contribution in [1.29, 1.82) is 0 Å². The summed E-state index contributed by atoms with van der Waals surface area (Å²) in [5.41, 5.74) is 0. The third kappa shape index (κ3) is 7.45. The molecule has 3 N–H and O–H groups in total. The molecule has 0 spiro atoms. The molecule has 0 unspecified atom stereocenters. The van der Waals surface area contributed by atoms with Crippen molar-refractivity contribution in [3.05, 3.63) is 12.2 Å². The molecule has 0 aromatic rings. The minimum Gasteiger partial charge on any atom is -0.478 e. The smallest absolute Gasteiger partial charge is 0.328 e. The van der Waals surface area contributed by atoms with Gasteiger partial charge in [-0.2, -0.15) is 0 Å². The van der Waals surface area contributed by atoms with Crippen LogP contribution in [0.5, 0.6) is 0 Å². The molecule has 0 aliphatic rings. The van der Waals surface area contributed by atoms with Crippen molar-refractivity contribution in [2.45, 2.75) is 0 Å². The molecule has 0 radical (unpaired) electrons. The van der Waals surface area contributed by atoms with E-state index in [0.29, 0.717) is 19.6 Å². The molecule has 0 bridgehead atoms. The van der Waals surface area contributed by atoms with Crippen LogP contribution in [0.1, 0.15) is 0 Å². The standard InChI is InChI=1S/C8H15NO4/c10-6-4-9(5-7-11)3-1-2-8(12)13/h1-2,10-11H,3-7H2,(H,12,13). The Kier molecular flexibility index (Phi) is 7.18. The van der Waals surface area contributed by atoms with Crippen LogP contribution in [0.25, 0.3) is 0 Å². The zero-order valence-corrected chi connectivity index (χ0v) is 7.39. The average Bonchev–Trinajstić information content (AvgIpc) is 2.04. The third-order valence-corrected chi connectivity index (χ3v) is 1.46. The van der Waals surface area contributed by atoms with E-state index < -0.39 is 5.97 Å². The maximum Gasteiger partial charge on any atom is 0.328 e. The first kappa shape index (κ1) is 12.1. The Balaban J connectivity index is 3.73. The highest BCUT2D eigenvalue weighted by Gasteiger charge is 2.00. The van der Waals surface area contributed by atoms with Gasteiger partial charge in [-0.15, -0.1) is 0 Å². The fraction of sp³-hybridized carbons (Fsp3) is 0.625. The minimum absolute atomic E-state index is 0.000904. The lowest BCUT2D eigenvalue weighted by Crippen LogP contribution is -2.30. The molecule has 0 saturated heterocycles. The molecule has 0 amide bonds. The summed E-state index contributed by atoms with van der Waals surface area (Å²) in [5, 5.41) is 25.5. The van der Waals surface area contributed by atoms with Crippen molar-refractivity contribution in [3.8, 4) is 0 Å². The molecule has 0 atom stereocenters. The van der Waals surface area contributed by atoms with Gasteiger partial charge in [0.25, 0.3) is 0 Å². The summed E-state index contributed by atoms with van der Waals surface area (Å²) in [7, 11) is 0. The second-order valence-corrected chi connectivity index (χ2v) is 2.49. The molecule has 0 saturated carbocycles. The minimum atomic E-state index is -0.993. The summed E-state index contributed by atoms with van der Waals surface area (Å²) in [5.74, 6) is -0.993. The van der Waals surface area contributed by atoms with E-state index in [1.165, 1.54) is 6.08 Å². The number of rotatable bonds is 7. The molecule has 0 aromatic heterocycles. The molecule has 5 heteroatoms. The molecule has 13 heavy (non-hydrogen) atoms. The summed E-state index contributed by atoms with van der Waals surface area (Å²) >= 11 is 0. The zero-order valence-electron chi connectivity index (χ0n) is 7.39. The summed E-state index contributed by atoms with van der Waals surface area (Å²) in [6.45, 7) is 1.30. The first-order valence-electron chi connectivity index (χ1n) is 4.04. The Hall–Kier alpha value is -0.910. The van der Waals surface area contributed by atoms with Gasteiger partial charge in [-0.3, -0.25) is 4.90 Å². The average molecular weight is 189 g/mol. The van der Waals surface area contributed by atoms with E-state index in [0.717, 1.165) is 6.08 Å². The van der Waals surface area contributed by atoms with E-state index in [9.17, 15) is 4.79 Å². The van der Waals surface area contributed by atoms with E-state index >= 15 is 0 Å². The molecule has 0 heterocycles. The molecule has 0 rings (SSSR count). The van der Waals surface area contributed by atoms with Crippen molar-refractivity contribution in [2.75, 3.05) is 32.8 Å². The van der Waals surface area contributed by atoms with Gasteiger partial charge in [-0.1, -0.05) is 6.08 Å². The van der Waals surface area contributed by atoms with Crippen molar-refractivity contribution in [1.82, 2.24) is 4.90 Å². The van der Waals surface area contributed by atoms with Crippen LogP contribution >= 0.6 is 0 Å². The Bertz CT molecular complexity index is 164. The fourth-order valence-corrected chi connectivity index (χ4v) is 0.880. The normalized spacial score (nSPS) is 11.3. The molecule has 0 aromatic carbocycles. The maximum absolute atomic E-state index is 10.1. The van der Waals surface area contributed by atoms with Crippen LogP contribution in [-0.4, -0.2) is 59.0 Å². The lowest BCUT2D eigenvalue weighted by atomic mass is 10.4. The summed E-state index contributed by atoms with van der Waals surface area (Å²) in [6, 6.07) is 0. The number of nitrogens with zero attached hydrogens (tertiary/aromatic N) is 1. The second-order valence-electron chi connectivity index (χ2n) is 2.49. The highest BCUT2D eigenvalue weighted by Crippen LogP contribution is 1.87. The van der Waals surface area contributed by atoms with Gasteiger partial charge < -0.3 is 15.3 Å². The predicted octanol–water partition coefficient (Wildman–Crippen LogP) is -1.09. The topological polar surface area (TPSA) is 81.0 Å². The van der Waals surface area contributed by atoms with Crippen LogP contribution in [-0.2, 0) is 4.79 Å². The predicted molar refractivity (Wildman–Crippen MR) is 47.4 cm³/mol. The molecule has 0 aliphatic carbocycles. The number of hydrogen-bond acceptors (Lipinski definition) is 4. The van der Waals surface area contributed by atoms with Gasteiger partial charge in [0.1, 0.15) is 0 Å². The highest BCUT2D eigenvalue weighted by molar-refractivity contribution is 5.79. The van der Waals surface area contributed by atoms with E-state index in [1.54, 1.807) is 4.90 Å². The second kappa shape index (κ2) is 7.72. The highest BCUT2D eigenvalue weighted by atomic mass is 16.4. The first-order chi connectivity index (χ1) is 6.20. The molecular formula is C8H15NO4. The molecule has 0 aliphatic heterocycles. The van der Waals surface area contributed by atoms with Crippen molar-refractivity contribution < 1.29 is 20.1 Å². The number of carboxylic acid groups (broad SMARTS) is 1. The molecular weight excluding hydrogens is 174 g/mol. The number of carbonyl (C=O) groups is 1. The van der Waals surface area contributed by atoms with Gasteiger partial charge >= 0.3 is 5.97 Å². The number of hydrogen-bond donors (Lipinski definition) is 3. The summed E-state index contributed by atoms with van der Waals surface area (Å²) in [6.07, 6.45) is 2.52. The van der Waals surface area contributed by atoms with Crippen molar-refractivity contribution in [3.63, 3.8) is 0 Å². The van der Waals surface area contributed by atoms with Gasteiger partial charge in [-0.05, 0) is 0 Å². The van der Waals surface area contributed by atoms with E-state index in [1.807, 2.05) is 0 Å².